The number of para-hydroxylation sites is 3. The van der Waals surface area contributed by atoms with Crippen LogP contribution in [0.4, 0.5) is 59.1 Å². The maximum atomic E-state index is 13.1. The number of fused-ring (bicyclic) bond motifs is 1. The number of aromatic nitrogens is 4. The van der Waals surface area contributed by atoms with Gasteiger partial charge < -0.3 is 57.4 Å². The summed E-state index contributed by atoms with van der Waals surface area (Å²) in [6.07, 6.45) is 3.05. The summed E-state index contributed by atoms with van der Waals surface area (Å²) in [5, 5.41) is 32.2. The summed E-state index contributed by atoms with van der Waals surface area (Å²) in [5.74, 6) is -1.77. The van der Waals surface area contributed by atoms with Gasteiger partial charge in [0.25, 0.3) is 5.91 Å². The van der Waals surface area contributed by atoms with Gasteiger partial charge in [0, 0.05) is 92.3 Å². The van der Waals surface area contributed by atoms with Crippen molar-refractivity contribution in [2.24, 2.45) is 30.9 Å². The van der Waals surface area contributed by atoms with Gasteiger partial charge in [0.2, 0.25) is 5.75 Å². The number of aldehydes is 2. The van der Waals surface area contributed by atoms with E-state index in [0.717, 1.165) is 34.7 Å². The van der Waals surface area contributed by atoms with E-state index in [1.807, 2.05) is 45.0 Å². The molecular formula is C107H109N11O27. The van der Waals surface area contributed by atoms with Crippen molar-refractivity contribution in [3.63, 3.8) is 0 Å². The highest BCUT2D eigenvalue weighted by Crippen LogP contribution is 2.42. The van der Waals surface area contributed by atoms with Gasteiger partial charge in [-0.15, -0.1) is 15.3 Å². The summed E-state index contributed by atoms with van der Waals surface area (Å²) < 4.78 is 57.7. The molecule has 2 aromatic heterocycles. The molecular weight excluding hydrogens is 1870 g/mol. The van der Waals surface area contributed by atoms with E-state index >= 15 is 0 Å². The topological polar surface area (TPSA) is 493 Å². The molecule has 0 radical (unpaired) electrons. The lowest BCUT2D eigenvalue weighted by Crippen LogP contribution is -2.26. The standard InChI is InChI=1S/C37H35N3O10.C24H24N4O2.C21H21N3O7.C21H21NO5.C4H8O3/c1-9-30(43)46-24-12-15-25(23(18-24)20-42)31-38-32(26-13-10-21(2)16-28(26)47-34(44)49-36(3,4)5)40-33(39-31)27-14-11-22(19-41)17-29(27)48-35(45)50-37(6,7)8;1-15(2)23(30)26-19-10-8-9-17-16(19)12-13-18(22(29)24(3,4)5)21(17)28-27-20-11-6-7-14-25-20;1-13(2)19(25)29-18-11-10-14(12-16(18)24(27)28)22-23-15-8-6-7-9-17(15)30-20(26)31-21(3,4)5;1-5-19(23)25-16-12-10-15(11-13-16)14-22-17-8-6-7-9-18(17)26-20(24)27-21(2,3)4;1-3-4(5)7-6-2/h9-20H,1H2,2-8H3;6-14H,1H2,2-5H3,(H,26,30);6-12H,1H2,2-5H3;5-14H,1H2,2-4H3;3H2,1-2H3. The van der Waals surface area contributed by atoms with Crippen molar-refractivity contribution in [3.05, 3.63) is 288 Å². The van der Waals surface area contributed by atoms with E-state index in [1.54, 1.807) is 225 Å². The molecule has 145 heavy (non-hydrogen) atoms. The molecule has 38 nitrogen and oxygen atoms in total. The SMILES string of the molecule is C=C(C)C(=O)Nc1cccc2c(N=Nc3ccccn3)c(C(=O)C(C)(C)C)ccc12.C=C(C)C(=O)Oc1ccc(N=Nc2ccccc2OC(=O)OC(C)(C)C)cc1[N+](=O)[O-].C=CC(=O)Oc1ccc(-c2nc(-c3ccc(C)cc3OC(=O)OC(C)(C)C)nc(-c3ccc(C=O)cc3OC(=O)OC(C)(C)C)n2)c(C=O)c1.C=CC(=O)Oc1ccc(C=Nc2ccccc2OC(=O)OC(C)(C)C)cc1.CCC(=O)OOC. The molecule has 754 valence electrons. The number of aryl methyl sites for hydroxylation is 1. The average molecular weight is 1980 g/mol. The zero-order valence-electron chi connectivity index (χ0n) is 83.5. The number of rotatable bonds is 27. The number of nitro groups is 1. The van der Waals surface area contributed by atoms with Crippen molar-refractivity contribution in [2.45, 2.75) is 160 Å². The van der Waals surface area contributed by atoms with Crippen LogP contribution in [0.25, 0.3) is 44.9 Å². The van der Waals surface area contributed by atoms with Crippen molar-refractivity contribution in [1.82, 2.24) is 19.9 Å². The van der Waals surface area contributed by atoms with Gasteiger partial charge in [0.15, 0.2) is 46.9 Å². The van der Waals surface area contributed by atoms with Crippen molar-refractivity contribution < 1.29 is 124 Å². The summed E-state index contributed by atoms with van der Waals surface area (Å²) >= 11 is 0. The Morgan fingerprint density at radius 1 is 0.469 bits per heavy atom. The van der Waals surface area contributed by atoms with Gasteiger partial charge in [0.05, 0.1) is 28.8 Å². The van der Waals surface area contributed by atoms with Crippen LogP contribution in [0.3, 0.4) is 0 Å². The Balaban J connectivity index is 0.000000264. The molecule has 0 saturated carbocycles. The average Bonchev–Trinajstić information content (AvgIpc) is 0.771. The van der Waals surface area contributed by atoms with Gasteiger partial charge in [-0.1, -0.05) is 115 Å². The second-order valence-corrected chi connectivity index (χ2v) is 35.6. The Morgan fingerprint density at radius 2 is 0.972 bits per heavy atom. The Bertz CT molecular complexity index is 6780. The normalized spacial score (nSPS) is 11.1. The maximum Gasteiger partial charge on any atom is 0.514 e. The van der Waals surface area contributed by atoms with Gasteiger partial charge >= 0.3 is 54.2 Å². The largest absolute Gasteiger partial charge is 0.514 e. The summed E-state index contributed by atoms with van der Waals surface area (Å²) in [6, 6.07) is 51.5. The smallest absolute Gasteiger partial charge is 0.428 e. The third-order valence-electron chi connectivity index (χ3n) is 17.8. The zero-order valence-corrected chi connectivity index (χ0v) is 83.5. The lowest BCUT2D eigenvalue weighted by molar-refractivity contribution is -0.385. The molecule has 0 aliphatic rings. The molecule has 9 aromatic carbocycles. The van der Waals surface area contributed by atoms with Gasteiger partial charge in [-0.25, -0.2) is 58.3 Å². The first kappa shape index (κ1) is 114. The number of anilines is 1. The number of aliphatic imine (C=N–C) groups is 1. The minimum absolute atomic E-state index is 0.00903. The van der Waals surface area contributed by atoms with Crippen molar-refractivity contribution in [1.29, 1.82) is 0 Å². The quantitative estimate of drug-likeness (QED) is 0.00406. The number of benzene rings is 9. The summed E-state index contributed by atoms with van der Waals surface area (Å²) in [6.45, 7) is 46.4. The number of nitrogens with one attached hydrogen (secondary N) is 1. The summed E-state index contributed by atoms with van der Waals surface area (Å²) in [4.78, 5) is 184. The van der Waals surface area contributed by atoms with E-state index in [1.165, 1.54) is 68.6 Å². The van der Waals surface area contributed by atoms with Crippen LogP contribution in [0, 0.1) is 22.5 Å². The molecule has 0 aliphatic heterocycles. The van der Waals surface area contributed by atoms with Crippen LogP contribution >= 0.6 is 0 Å². The molecule has 11 rings (SSSR count). The summed E-state index contributed by atoms with van der Waals surface area (Å²) in [5.41, 5.74) is 1.03. The van der Waals surface area contributed by atoms with Gasteiger partial charge in [-0.05, 0) is 242 Å². The monoisotopic (exact) mass is 1980 g/mol. The molecule has 0 unspecified atom stereocenters. The number of hydrogen-bond acceptors (Lipinski definition) is 36. The minimum Gasteiger partial charge on any atom is -0.428 e. The van der Waals surface area contributed by atoms with Crippen molar-refractivity contribution >= 4 is 130 Å². The number of carbonyl (C=O) groups excluding carboxylic acids is 12. The maximum absolute atomic E-state index is 13.1. The Kier molecular flexibility index (Phi) is 41.1. The molecule has 2 heterocycles. The number of pyridine rings is 1. The number of ether oxygens (including phenoxy) is 11. The molecule has 0 atom stereocenters. The van der Waals surface area contributed by atoms with Gasteiger partial charge in [0.1, 0.15) is 68.8 Å². The third-order valence-corrected chi connectivity index (χ3v) is 17.8. The number of Topliss-reactive ketones (excluding diaryl/α,β-unsaturated/α-hetero) is 1. The summed E-state index contributed by atoms with van der Waals surface area (Å²) in [7, 11) is 1.30. The highest BCUT2D eigenvalue weighted by molar-refractivity contribution is 6.15. The minimum atomic E-state index is -1.05. The van der Waals surface area contributed by atoms with Crippen LogP contribution in [-0.4, -0.2) is 133 Å². The number of amides is 1. The van der Waals surface area contributed by atoms with Crippen LogP contribution in [0.2, 0.25) is 0 Å². The fourth-order valence-corrected chi connectivity index (χ4v) is 11.4. The number of carbonyl (C=O) groups is 12. The molecule has 0 spiro atoms. The highest BCUT2D eigenvalue weighted by atomic mass is 17.2. The molecule has 38 heteroatoms. The first-order chi connectivity index (χ1) is 68.2. The number of ketones is 1. The Hall–Kier alpha value is -18.0. The first-order valence-corrected chi connectivity index (χ1v) is 44.1. The van der Waals surface area contributed by atoms with E-state index in [2.05, 4.69) is 86.8 Å². The van der Waals surface area contributed by atoms with E-state index < -0.39 is 81.0 Å². The predicted octanol–water partition coefficient (Wildman–Crippen LogP) is 25.1. The third kappa shape index (κ3) is 37.6. The van der Waals surface area contributed by atoms with Crippen molar-refractivity contribution in [2.75, 3.05) is 12.4 Å². The number of hydrogen-bond donors (Lipinski definition) is 1. The van der Waals surface area contributed by atoms with Crippen LogP contribution in [0.1, 0.15) is 173 Å². The van der Waals surface area contributed by atoms with Gasteiger partial charge in [-0.3, -0.25) is 39.2 Å². The number of nitrogens with zero attached hydrogens (tertiary/aromatic N) is 10. The van der Waals surface area contributed by atoms with Crippen LogP contribution < -0.4 is 38.5 Å². The Morgan fingerprint density at radius 3 is 1.47 bits per heavy atom. The van der Waals surface area contributed by atoms with E-state index in [-0.39, 0.29) is 109 Å². The molecule has 1 amide bonds. The fourth-order valence-electron chi connectivity index (χ4n) is 11.4. The zero-order chi connectivity index (χ0) is 107. The molecule has 11 aromatic rings. The molecule has 0 bridgehead atoms. The molecule has 0 saturated heterocycles. The van der Waals surface area contributed by atoms with Crippen LogP contribution in [0.5, 0.6) is 40.2 Å². The number of nitro benzene ring substituents is 1. The Labute approximate surface area is 835 Å². The number of esters is 3. The lowest BCUT2D eigenvalue weighted by atomic mass is 9.85. The highest BCUT2D eigenvalue weighted by Gasteiger charge is 2.31. The predicted molar refractivity (Wildman–Crippen MR) is 538 cm³/mol. The molecule has 0 fully saturated rings. The lowest BCUT2D eigenvalue weighted by Gasteiger charge is -2.20. The van der Waals surface area contributed by atoms with Gasteiger partial charge in [-0.2, -0.15) is 10.0 Å². The van der Waals surface area contributed by atoms with E-state index in [0.29, 0.717) is 69.9 Å². The first-order valence-electron chi connectivity index (χ1n) is 44.1. The number of azo groups is 2. The second-order valence-electron chi connectivity index (χ2n) is 35.6. The second kappa shape index (κ2) is 52.3. The van der Waals surface area contributed by atoms with E-state index in [4.69, 9.17) is 52.1 Å². The fraction of sp³-hybridized carbons (Fsp3) is 0.243. The molecule has 0 aliphatic carbocycles. The van der Waals surface area contributed by atoms with E-state index in [9.17, 15) is 67.6 Å². The molecule has 1 N–H and O–H groups in total. The van der Waals surface area contributed by atoms with Crippen LogP contribution in [-0.2, 0) is 52.7 Å². The van der Waals surface area contributed by atoms with Crippen LogP contribution in [0.15, 0.2) is 275 Å². The van der Waals surface area contributed by atoms with Crippen molar-refractivity contribution in [3.8, 4) is 74.4 Å².